The van der Waals surface area contributed by atoms with E-state index in [1.54, 1.807) is 6.20 Å². The highest BCUT2D eigenvalue weighted by atomic mass is 16.5. The third kappa shape index (κ3) is 4.96. The van der Waals surface area contributed by atoms with Crippen molar-refractivity contribution in [3.63, 3.8) is 0 Å². The van der Waals surface area contributed by atoms with Gasteiger partial charge in [0.2, 0.25) is 5.91 Å². The number of carbonyl (C=O) groups is 1. The normalized spacial score (nSPS) is 16.4. The van der Waals surface area contributed by atoms with Gasteiger partial charge in [-0.2, -0.15) is 0 Å². The maximum absolute atomic E-state index is 11.3. The van der Waals surface area contributed by atoms with Crippen LogP contribution in [0.3, 0.4) is 0 Å². The Kier molecular flexibility index (Phi) is 6.26. The summed E-state index contributed by atoms with van der Waals surface area (Å²) in [6.45, 7) is 2.32. The number of fused-ring (bicyclic) bond motifs is 1. The van der Waals surface area contributed by atoms with E-state index in [9.17, 15) is 9.90 Å². The Bertz CT molecular complexity index is 1000. The zero-order chi connectivity index (χ0) is 20.9. The Morgan fingerprint density at radius 3 is 2.63 bits per heavy atom. The largest absolute Gasteiger partial charge is 0.491 e. The average molecular weight is 405 g/mol. The van der Waals surface area contributed by atoms with Gasteiger partial charge in [0, 0.05) is 30.4 Å². The summed E-state index contributed by atoms with van der Waals surface area (Å²) in [4.78, 5) is 17.6. The molecule has 1 unspecified atom stereocenters. The predicted molar refractivity (Wildman–Crippen MR) is 117 cm³/mol. The first-order chi connectivity index (χ1) is 14.6. The Morgan fingerprint density at radius 1 is 1.13 bits per heavy atom. The van der Waals surface area contributed by atoms with E-state index in [1.165, 1.54) is 0 Å². The fraction of sp³-hybridized carbons (Fsp3) is 0.333. The first-order valence-electron chi connectivity index (χ1n) is 10.4. The van der Waals surface area contributed by atoms with E-state index in [4.69, 9.17) is 10.5 Å². The van der Waals surface area contributed by atoms with E-state index in [1.807, 2.05) is 36.5 Å². The minimum atomic E-state index is -0.584. The zero-order valence-electron chi connectivity index (χ0n) is 16.9. The number of benzene rings is 2. The number of ether oxygens (including phenoxy) is 1. The number of aliphatic hydroxyl groups is 1. The molecule has 1 aliphatic rings. The lowest BCUT2D eigenvalue weighted by Gasteiger charge is -2.31. The van der Waals surface area contributed by atoms with Gasteiger partial charge in [0.15, 0.2) is 0 Å². The summed E-state index contributed by atoms with van der Waals surface area (Å²) in [7, 11) is 0. The molecule has 6 nitrogen and oxygen atoms in total. The van der Waals surface area contributed by atoms with Gasteiger partial charge < -0.3 is 20.5 Å². The molecule has 0 spiro atoms. The predicted octanol–water partition coefficient (Wildman–Crippen LogP) is 2.84. The number of likely N-dealkylation sites (tertiary alicyclic amines) is 1. The number of piperidine rings is 1. The molecule has 156 valence electrons. The second-order valence-electron chi connectivity index (χ2n) is 7.91. The van der Waals surface area contributed by atoms with E-state index in [-0.39, 0.29) is 18.4 Å². The number of nitrogens with zero attached hydrogens (tertiary/aromatic N) is 2. The Morgan fingerprint density at radius 2 is 1.90 bits per heavy atom. The van der Waals surface area contributed by atoms with Crippen LogP contribution in [-0.4, -0.2) is 53.2 Å². The maximum Gasteiger partial charge on any atom is 0.220 e. The van der Waals surface area contributed by atoms with Crippen molar-refractivity contribution >= 4 is 16.7 Å². The summed E-state index contributed by atoms with van der Waals surface area (Å²) in [5.74, 6) is 0.483. The van der Waals surface area contributed by atoms with Gasteiger partial charge in [0.05, 0.1) is 0 Å². The molecule has 30 heavy (non-hydrogen) atoms. The van der Waals surface area contributed by atoms with Crippen LogP contribution in [0, 0.1) is 5.92 Å². The van der Waals surface area contributed by atoms with Crippen molar-refractivity contribution in [2.24, 2.45) is 11.7 Å². The summed E-state index contributed by atoms with van der Waals surface area (Å²) in [5.41, 5.74) is 7.58. The van der Waals surface area contributed by atoms with Crippen molar-refractivity contribution in [3.05, 3.63) is 60.9 Å². The highest BCUT2D eigenvalue weighted by Gasteiger charge is 2.24. The monoisotopic (exact) mass is 405 g/mol. The van der Waals surface area contributed by atoms with E-state index < -0.39 is 6.10 Å². The molecule has 0 saturated carbocycles. The Balaban J connectivity index is 1.32. The van der Waals surface area contributed by atoms with Crippen molar-refractivity contribution in [2.45, 2.75) is 18.9 Å². The molecule has 1 aliphatic heterocycles. The summed E-state index contributed by atoms with van der Waals surface area (Å²) in [6.07, 6.45) is 4.56. The summed E-state index contributed by atoms with van der Waals surface area (Å²) in [6, 6.07) is 16.2. The molecule has 3 aromatic rings. The summed E-state index contributed by atoms with van der Waals surface area (Å²) < 4.78 is 5.83. The van der Waals surface area contributed by atoms with Crippen LogP contribution >= 0.6 is 0 Å². The minimum Gasteiger partial charge on any atom is -0.491 e. The van der Waals surface area contributed by atoms with Crippen molar-refractivity contribution < 1.29 is 14.6 Å². The standard InChI is InChI=1S/C24H27N3O3/c25-24(29)17-7-10-27(11-8-17)15-22(28)16-30-23-6-5-18-12-19(3-4-20(18)13-23)21-2-1-9-26-14-21/h1-6,9,12-14,17,22,28H,7-8,10-11,15-16H2,(H2,25,29). The molecule has 1 amide bonds. The highest BCUT2D eigenvalue weighted by molar-refractivity contribution is 5.88. The van der Waals surface area contributed by atoms with Crippen molar-refractivity contribution in [1.29, 1.82) is 0 Å². The summed E-state index contributed by atoms with van der Waals surface area (Å²) >= 11 is 0. The van der Waals surface area contributed by atoms with Gasteiger partial charge in [-0.05, 0) is 66.5 Å². The molecular weight excluding hydrogens is 378 g/mol. The number of primary amides is 1. The van der Waals surface area contributed by atoms with Crippen LogP contribution in [0.4, 0.5) is 0 Å². The lowest BCUT2D eigenvalue weighted by molar-refractivity contribution is -0.123. The summed E-state index contributed by atoms with van der Waals surface area (Å²) in [5, 5.41) is 12.6. The smallest absolute Gasteiger partial charge is 0.220 e. The molecule has 1 saturated heterocycles. The van der Waals surface area contributed by atoms with Gasteiger partial charge in [0.1, 0.15) is 18.5 Å². The van der Waals surface area contributed by atoms with Crippen molar-refractivity contribution in [1.82, 2.24) is 9.88 Å². The lowest BCUT2D eigenvalue weighted by atomic mass is 9.96. The molecular formula is C24H27N3O3. The first-order valence-corrected chi connectivity index (χ1v) is 10.4. The number of amides is 1. The number of β-amino-alcohol motifs (C(OH)–C–C–N with tert-alkyl or cyclic N) is 1. The number of aliphatic hydroxyl groups excluding tert-OH is 1. The van der Waals surface area contributed by atoms with Crippen LogP contribution in [0.1, 0.15) is 12.8 Å². The lowest BCUT2D eigenvalue weighted by Crippen LogP contribution is -2.43. The van der Waals surface area contributed by atoms with E-state index in [2.05, 4.69) is 28.1 Å². The number of rotatable bonds is 7. The Labute approximate surface area is 176 Å². The molecule has 1 aromatic heterocycles. The SMILES string of the molecule is NC(=O)C1CCN(CC(O)COc2ccc3cc(-c4cccnc4)ccc3c2)CC1. The molecule has 3 N–H and O–H groups in total. The molecule has 1 atom stereocenters. The zero-order valence-corrected chi connectivity index (χ0v) is 16.9. The van der Waals surface area contributed by atoms with Gasteiger partial charge in [-0.1, -0.05) is 24.3 Å². The number of pyridine rings is 1. The van der Waals surface area contributed by atoms with E-state index >= 15 is 0 Å². The third-order valence-corrected chi connectivity index (χ3v) is 5.71. The molecule has 6 heteroatoms. The number of nitrogens with two attached hydrogens (primary N) is 1. The molecule has 0 bridgehead atoms. The van der Waals surface area contributed by atoms with Gasteiger partial charge in [0.25, 0.3) is 0 Å². The maximum atomic E-state index is 11.3. The number of hydrogen-bond donors (Lipinski definition) is 2. The molecule has 2 heterocycles. The van der Waals surface area contributed by atoms with Crippen LogP contribution in [0.15, 0.2) is 60.9 Å². The van der Waals surface area contributed by atoms with E-state index in [0.29, 0.717) is 6.54 Å². The number of hydrogen-bond acceptors (Lipinski definition) is 5. The topological polar surface area (TPSA) is 88.7 Å². The fourth-order valence-electron chi connectivity index (χ4n) is 3.97. The third-order valence-electron chi connectivity index (χ3n) is 5.71. The molecule has 4 rings (SSSR count). The average Bonchev–Trinajstić information content (AvgIpc) is 2.78. The minimum absolute atomic E-state index is 0.0362. The van der Waals surface area contributed by atoms with Gasteiger partial charge in [-0.25, -0.2) is 0 Å². The van der Waals surface area contributed by atoms with Crippen LogP contribution in [0.25, 0.3) is 21.9 Å². The van der Waals surface area contributed by atoms with E-state index in [0.717, 1.165) is 53.6 Å². The number of aromatic nitrogens is 1. The first kappa shape index (κ1) is 20.3. The van der Waals surface area contributed by atoms with Gasteiger partial charge in [-0.15, -0.1) is 0 Å². The number of carbonyl (C=O) groups excluding carboxylic acids is 1. The molecule has 2 aromatic carbocycles. The molecule has 0 radical (unpaired) electrons. The highest BCUT2D eigenvalue weighted by Crippen LogP contribution is 2.27. The van der Waals surface area contributed by atoms with Crippen LogP contribution < -0.4 is 10.5 Å². The van der Waals surface area contributed by atoms with Crippen molar-refractivity contribution in [3.8, 4) is 16.9 Å². The quantitative estimate of drug-likeness (QED) is 0.631. The second-order valence-corrected chi connectivity index (χ2v) is 7.91. The fourth-order valence-corrected chi connectivity index (χ4v) is 3.97. The van der Waals surface area contributed by atoms with Crippen molar-refractivity contribution in [2.75, 3.05) is 26.2 Å². The second kappa shape index (κ2) is 9.24. The molecule has 0 aliphatic carbocycles. The Hall–Kier alpha value is -2.96. The van der Waals surface area contributed by atoms with Crippen LogP contribution in [0.5, 0.6) is 5.75 Å². The van der Waals surface area contributed by atoms with Gasteiger partial charge in [-0.3, -0.25) is 9.78 Å². The molecule has 1 fully saturated rings. The van der Waals surface area contributed by atoms with Crippen LogP contribution in [-0.2, 0) is 4.79 Å². The van der Waals surface area contributed by atoms with Gasteiger partial charge >= 0.3 is 0 Å². The van der Waals surface area contributed by atoms with Crippen LogP contribution in [0.2, 0.25) is 0 Å².